The molecule has 0 bridgehead atoms. The summed E-state index contributed by atoms with van der Waals surface area (Å²) in [4.78, 5) is 22.0. The van der Waals surface area contributed by atoms with Crippen molar-refractivity contribution >= 4 is 12.0 Å². The van der Waals surface area contributed by atoms with Gasteiger partial charge in [-0.25, -0.2) is 4.79 Å². The van der Waals surface area contributed by atoms with Gasteiger partial charge in [0.1, 0.15) is 0 Å². The fourth-order valence-corrected chi connectivity index (χ4v) is 2.90. The summed E-state index contributed by atoms with van der Waals surface area (Å²) in [5.74, 6) is 0.559. The van der Waals surface area contributed by atoms with Gasteiger partial charge < -0.3 is 15.7 Å². The molecular weight excluding hydrogens is 244 g/mol. The van der Waals surface area contributed by atoms with Crippen LogP contribution in [0, 0.1) is 11.8 Å². The summed E-state index contributed by atoms with van der Waals surface area (Å²) in [5.41, 5.74) is 0. The van der Waals surface area contributed by atoms with Gasteiger partial charge in [0.25, 0.3) is 0 Å². The molecule has 0 aliphatic heterocycles. The van der Waals surface area contributed by atoms with Crippen molar-refractivity contribution in [2.45, 2.75) is 58.4 Å². The molecular formula is C14H26N2O3. The molecule has 3 N–H and O–H groups in total. The fraction of sp³-hybridized carbons (Fsp3) is 0.857. The Hall–Kier alpha value is -1.26. The number of urea groups is 1. The van der Waals surface area contributed by atoms with E-state index in [1.54, 1.807) is 0 Å². The fourth-order valence-electron chi connectivity index (χ4n) is 2.90. The van der Waals surface area contributed by atoms with Crippen LogP contribution in [0.5, 0.6) is 0 Å². The van der Waals surface area contributed by atoms with Gasteiger partial charge in [-0.3, -0.25) is 4.79 Å². The number of hydrogen-bond donors (Lipinski definition) is 3. The smallest absolute Gasteiger partial charge is 0.315 e. The zero-order valence-electron chi connectivity index (χ0n) is 11.9. The van der Waals surface area contributed by atoms with Crippen LogP contribution in [-0.4, -0.2) is 29.7 Å². The highest BCUT2D eigenvalue weighted by Crippen LogP contribution is 2.28. The average molecular weight is 270 g/mol. The van der Waals surface area contributed by atoms with Crippen molar-refractivity contribution in [2.75, 3.05) is 6.54 Å². The van der Waals surface area contributed by atoms with Gasteiger partial charge in [-0.15, -0.1) is 0 Å². The lowest BCUT2D eigenvalue weighted by molar-refractivity contribution is -0.137. The first-order valence-electron chi connectivity index (χ1n) is 7.23. The average Bonchev–Trinajstić information content (AvgIpc) is 2.26. The topological polar surface area (TPSA) is 78.4 Å². The lowest BCUT2D eigenvalue weighted by Crippen LogP contribution is -2.45. The molecule has 19 heavy (non-hydrogen) atoms. The third kappa shape index (κ3) is 7.03. The van der Waals surface area contributed by atoms with E-state index in [9.17, 15) is 9.59 Å². The predicted octanol–water partition coefficient (Wildman–Crippen LogP) is 2.37. The van der Waals surface area contributed by atoms with Crippen LogP contribution < -0.4 is 10.6 Å². The highest BCUT2D eigenvalue weighted by molar-refractivity contribution is 5.74. The summed E-state index contributed by atoms with van der Waals surface area (Å²) < 4.78 is 0. The van der Waals surface area contributed by atoms with E-state index >= 15 is 0 Å². The maximum absolute atomic E-state index is 11.7. The highest BCUT2D eigenvalue weighted by atomic mass is 16.4. The molecule has 1 fully saturated rings. The lowest BCUT2D eigenvalue weighted by atomic mass is 9.80. The molecule has 1 saturated carbocycles. The molecule has 0 aromatic heterocycles. The van der Waals surface area contributed by atoms with Gasteiger partial charge in [-0.05, 0) is 43.9 Å². The minimum Gasteiger partial charge on any atom is -0.481 e. The summed E-state index contributed by atoms with van der Waals surface area (Å²) in [6.07, 6.45) is 4.83. The van der Waals surface area contributed by atoms with E-state index in [0.717, 1.165) is 12.8 Å². The van der Waals surface area contributed by atoms with Gasteiger partial charge >= 0.3 is 12.0 Å². The largest absolute Gasteiger partial charge is 0.481 e. The summed E-state index contributed by atoms with van der Waals surface area (Å²) in [6, 6.07) is 0.152. The first kappa shape index (κ1) is 15.8. The quantitative estimate of drug-likeness (QED) is 0.648. The number of amides is 2. The summed E-state index contributed by atoms with van der Waals surface area (Å²) in [7, 11) is 0. The number of carbonyl (C=O) groups excluding carboxylic acids is 1. The van der Waals surface area contributed by atoms with Crippen LogP contribution in [-0.2, 0) is 4.79 Å². The Labute approximate surface area is 115 Å². The third-order valence-electron chi connectivity index (χ3n) is 3.62. The first-order valence-corrected chi connectivity index (χ1v) is 7.23. The van der Waals surface area contributed by atoms with E-state index in [0.29, 0.717) is 31.2 Å². The number of carbonyl (C=O) groups is 2. The van der Waals surface area contributed by atoms with Gasteiger partial charge in [-0.1, -0.05) is 13.8 Å². The number of nitrogens with one attached hydrogen (secondary N) is 2. The number of rotatable bonds is 6. The second kappa shape index (κ2) is 8.02. The second-order valence-corrected chi connectivity index (χ2v) is 5.87. The molecule has 0 aromatic rings. The summed E-state index contributed by atoms with van der Waals surface area (Å²) in [5, 5.41) is 14.3. The molecule has 1 aliphatic carbocycles. The Bertz CT molecular complexity index is 297. The predicted molar refractivity (Wildman–Crippen MR) is 74.0 cm³/mol. The minimum absolute atomic E-state index is 0.123. The van der Waals surface area contributed by atoms with Crippen molar-refractivity contribution in [1.29, 1.82) is 0 Å². The molecule has 2 amide bonds. The molecule has 110 valence electrons. The second-order valence-electron chi connectivity index (χ2n) is 5.87. The van der Waals surface area contributed by atoms with E-state index in [2.05, 4.69) is 24.5 Å². The van der Waals surface area contributed by atoms with Gasteiger partial charge in [0.05, 0.1) is 0 Å². The van der Waals surface area contributed by atoms with Crippen molar-refractivity contribution in [3.05, 3.63) is 0 Å². The zero-order valence-corrected chi connectivity index (χ0v) is 11.9. The Morgan fingerprint density at radius 3 is 2.32 bits per heavy atom. The molecule has 1 aliphatic rings. The first-order chi connectivity index (χ1) is 8.97. The molecule has 0 spiro atoms. The van der Waals surface area contributed by atoms with E-state index in [1.165, 1.54) is 6.42 Å². The van der Waals surface area contributed by atoms with Crippen molar-refractivity contribution in [3.63, 3.8) is 0 Å². The number of carboxylic acids is 1. The van der Waals surface area contributed by atoms with E-state index in [1.807, 2.05) is 0 Å². The van der Waals surface area contributed by atoms with Crippen LogP contribution in [0.2, 0.25) is 0 Å². The molecule has 0 aromatic carbocycles. The van der Waals surface area contributed by atoms with Crippen LogP contribution in [0.15, 0.2) is 0 Å². The zero-order chi connectivity index (χ0) is 14.3. The third-order valence-corrected chi connectivity index (χ3v) is 3.62. The molecule has 0 saturated heterocycles. The van der Waals surface area contributed by atoms with Crippen molar-refractivity contribution in [3.8, 4) is 0 Å². The van der Waals surface area contributed by atoms with Crippen LogP contribution >= 0.6 is 0 Å². The van der Waals surface area contributed by atoms with Crippen LogP contribution in [0.1, 0.15) is 52.4 Å². The Kier molecular flexibility index (Phi) is 6.67. The molecule has 2 unspecified atom stereocenters. The van der Waals surface area contributed by atoms with Gasteiger partial charge in [0, 0.05) is 19.0 Å². The van der Waals surface area contributed by atoms with Crippen LogP contribution in [0.4, 0.5) is 4.79 Å². The van der Waals surface area contributed by atoms with Crippen LogP contribution in [0.3, 0.4) is 0 Å². The van der Waals surface area contributed by atoms with Gasteiger partial charge in [-0.2, -0.15) is 0 Å². The van der Waals surface area contributed by atoms with Crippen molar-refractivity contribution in [2.24, 2.45) is 11.8 Å². The number of carboxylic acid groups (broad SMARTS) is 1. The minimum atomic E-state index is -0.783. The Morgan fingerprint density at radius 1 is 1.11 bits per heavy atom. The van der Waals surface area contributed by atoms with Crippen molar-refractivity contribution in [1.82, 2.24) is 10.6 Å². The Balaban J connectivity index is 2.11. The molecule has 0 heterocycles. The maximum atomic E-state index is 11.7. The van der Waals surface area contributed by atoms with E-state index in [4.69, 9.17) is 5.11 Å². The summed E-state index contributed by atoms with van der Waals surface area (Å²) in [6.45, 7) is 5.00. The highest BCUT2D eigenvalue weighted by Gasteiger charge is 2.24. The molecule has 0 radical (unpaired) electrons. The Morgan fingerprint density at radius 2 is 1.74 bits per heavy atom. The monoisotopic (exact) mass is 270 g/mol. The molecule has 5 heteroatoms. The summed E-state index contributed by atoms with van der Waals surface area (Å²) >= 11 is 0. The van der Waals surface area contributed by atoms with Crippen molar-refractivity contribution < 1.29 is 14.7 Å². The molecule has 5 nitrogen and oxygen atoms in total. The molecule has 2 atom stereocenters. The van der Waals surface area contributed by atoms with E-state index in [-0.39, 0.29) is 18.5 Å². The lowest BCUT2D eigenvalue weighted by Gasteiger charge is -2.31. The number of unbranched alkanes of at least 4 members (excludes halogenated alkanes) is 1. The number of hydrogen-bond acceptors (Lipinski definition) is 2. The number of aliphatic carboxylic acids is 1. The van der Waals surface area contributed by atoms with Gasteiger partial charge in [0.15, 0.2) is 0 Å². The normalized spacial score (nSPS) is 26.7. The van der Waals surface area contributed by atoms with Crippen LogP contribution in [0.25, 0.3) is 0 Å². The SMILES string of the molecule is CC1CC(C)CC(NC(=O)NCCCCC(=O)O)C1. The van der Waals surface area contributed by atoms with E-state index < -0.39 is 5.97 Å². The maximum Gasteiger partial charge on any atom is 0.315 e. The molecule has 1 rings (SSSR count). The van der Waals surface area contributed by atoms with Gasteiger partial charge in [0.2, 0.25) is 0 Å². The standard InChI is InChI=1S/C14H26N2O3/c1-10-7-11(2)9-12(8-10)16-14(19)15-6-4-3-5-13(17)18/h10-12H,3-9H2,1-2H3,(H,17,18)(H2,15,16,19).